The highest BCUT2D eigenvalue weighted by Gasteiger charge is 2.53. The summed E-state index contributed by atoms with van der Waals surface area (Å²) >= 11 is 6.89. The number of hydrogen-bond acceptors (Lipinski definition) is 18. The van der Waals surface area contributed by atoms with E-state index in [1.165, 1.54) is 36.4 Å². The van der Waals surface area contributed by atoms with Gasteiger partial charge in [0.25, 0.3) is 17.7 Å². The highest BCUT2D eigenvalue weighted by atomic mass is 35.5. The van der Waals surface area contributed by atoms with Gasteiger partial charge >= 0.3 is 11.9 Å². The Morgan fingerprint density at radius 2 is 1.26 bits per heavy atom. The maximum Gasteiger partial charge on any atom is 0.329 e. The summed E-state index contributed by atoms with van der Waals surface area (Å²) in [4.78, 5) is 202. The van der Waals surface area contributed by atoms with Crippen LogP contribution >= 0.6 is 11.6 Å². The monoisotopic (exact) mass is 1840 g/mol. The first-order valence-corrected chi connectivity index (χ1v) is 46.4. The number of ether oxygens (including phenoxy) is 3. The van der Waals surface area contributed by atoms with E-state index >= 15 is 38.4 Å². The van der Waals surface area contributed by atoms with Gasteiger partial charge in [-0.2, -0.15) is 0 Å². The molecule has 33 heteroatoms. The molecule has 0 aliphatic carbocycles. The number of rotatable bonds is 37. The van der Waals surface area contributed by atoms with Gasteiger partial charge < -0.3 is 81.6 Å². The van der Waals surface area contributed by atoms with Crippen LogP contribution in [0.4, 0.5) is 11.5 Å². The van der Waals surface area contributed by atoms with Gasteiger partial charge in [0.2, 0.25) is 41.4 Å². The number of hydrogen-bond donors (Lipinski definition) is 9. The van der Waals surface area contributed by atoms with Crippen LogP contribution in [0.1, 0.15) is 149 Å². The van der Waals surface area contributed by atoms with Crippen LogP contribution in [0.15, 0.2) is 207 Å². The number of aromatic amines is 2. The predicted octanol–water partition coefficient (Wildman–Crippen LogP) is 8.96. The van der Waals surface area contributed by atoms with E-state index in [4.69, 9.17) is 42.3 Å². The molecule has 134 heavy (non-hydrogen) atoms. The molecule has 702 valence electrons. The van der Waals surface area contributed by atoms with Crippen molar-refractivity contribution in [1.29, 1.82) is 0 Å². The van der Waals surface area contributed by atoms with Crippen molar-refractivity contribution in [1.82, 2.24) is 60.4 Å². The first kappa shape index (κ1) is 95.2. The zero-order chi connectivity index (χ0) is 94.7. The van der Waals surface area contributed by atoms with Gasteiger partial charge in [-0.25, -0.2) is 9.78 Å². The van der Waals surface area contributed by atoms with Crippen LogP contribution in [0.25, 0.3) is 21.8 Å². The van der Waals surface area contributed by atoms with Gasteiger partial charge in [-0.15, -0.1) is 0 Å². The second-order valence-corrected chi connectivity index (χ2v) is 36.1. The summed E-state index contributed by atoms with van der Waals surface area (Å²) in [6, 6.07) is 46.0. The predicted molar refractivity (Wildman–Crippen MR) is 502 cm³/mol. The van der Waals surface area contributed by atoms with Crippen LogP contribution in [0.3, 0.4) is 0 Å². The third kappa shape index (κ3) is 20.4. The van der Waals surface area contributed by atoms with Gasteiger partial charge in [-0.3, -0.25) is 67.1 Å². The number of para-hydroxylation sites is 2. The number of H-pyrrole nitrogens is 2. The molecule has 32 nitrogen and oxygen atoms in total. The van der Waals surface area contributed by atoms with E-state index in [0.29, 0.717) is 49.0 Å². The molecule has 10 aromatic rings. The molecule has 5 aliphatic rings. The average Bonchev–Trinajstić information content (AvgIpc) is 1.48. The highest BCUT2D eigenvalue weighted by Crippen LogP contribution is 2.47. The minimum absolute atomic E-state index is 0.0256. The summed E-state index contributed by atoms with van der Waals surface area (Å²) in [6.45, 7) is 5.51. The summed E-state index contributed by atoms with van der Waals surface area (Å²) in [5, 5.41) is 23.4. The Balaban J connectivity index is 0.727. The number of halogens is 1. The molecule has 0 radical (unpaired) electrons. The highest BCUT2D eigenvalue weighted by molar-refractivity contribution is 6.31. The number of carboxylic acids is 1. The lowest BCUT2D eigenvalue weighted by molar-refractivity contribution is -0.171. The maximum absolute atomic E-state index is 16.9. The van der Waals surface area contributed by atoms with Crippen LogP contribution < -0.4 is 42.5 Å². The number of aromatic nitrogens is 4. The molecule has 15 rings (SSSR count). The Bertz CT molecular complexity index is 5870. The van der Waals surface area contributed by atoms with Crippen LogP contribution in [-0.2, 0) is 109 Å². The van der Waals surface area contributed by atoms with E-state index in [1.807, 2.05) is 157 Å². The SMILES string of the molecule is CCCCC(N)(NC(=O)[C@@H](N)Cc1c[nH]c2ccccc12)C(=O)N[C@@H](Cc1c[nH]c2ccccc12)C(=O)N[C@@H](COC1CCCCO1)C(=O)N(CCC)CC(=O)N(C)[C@H]1Cc2cc(Cl)ccc2N([C@H]2Cc3ncn(C(c4ccccc4)(c4ccccc4)c4ccccc4)c3N(CC(=O)N3CCC[C@H]3C(=O)N[C@@H](CC(=O)O)C(=O)N3CCC[C@H]3C(=O)OC(C)(C)c3ccccc3)C2=O)C1=O. The van der Waals surface area contributed by atoms with Gasteiger partial charge in [-0.1, -0.05) is 190 Å². The number of carbonyl (C=O) groups excluding carboxylic acids is 11. The van der Waals surface area contributed by atoms with Crippen molar-refractivity contribution in [2.24, 2.45) is 11.5 Å². The minimum Gasteiger partial charge on any atom is -0.481 e. The van der Waals surface area contributed by atoms with Crippen molar-refractivity contribution < 1.29 is 76.9 Å². The van der Waals surface area contributed by atoms with Crippen LogP contribution in [0.2, 0.25) is 5.02 Å². The molecule has 10 amide bonds. The van der Waals surface area contributed by atoms with E-state index in [9.17, 15) is 24.3 Å². The maximum atomic E-state index is 16.9. The zero-order valence-corrected chi connectivity index (χ0v) is 76.5. The number of esters is 1. The number of nitrogens with two attached hydrogens (primary N) is 2. The Morgan fingerprint density at radius 3 is 1.87 bits per heavy atom. The lowest BCUT2D eigenvalue weighted by Gasteiger charge is -2.45. The molecule has 3 aromatic heterocycles. The summed E-state index contributed by atoms with van der Waals surface area (Å²) in [5.41, 5.74) is 15.8. The third-order valence-electron chi connectivity index (χ3n) is 26.3. The van der Waals surface area contributed by atoms with Gasteiger partial charge in [0.05, 0.1) is 37.6 Å². The fraction of sp³-hybridized carbons (Fsp3) is 0.396. The number of aliphatic carboxylic acids is 1. The molecule has 0 saturated carbocycles. The molecule has 10 atom stereocenters. The average molecular weight is 1840 g/mol. The topological polar surface area (TPSA) is 422 Å². The Kier molecular flexibility index (Phi) is 29.7. The summed E-state index contributed by atoms with van der Waals surface area (Å²) < 4.78 is 20.2. The van der Waals surface area contributed by atoms with Crippen LogP contribution in [0, 0.1) is 0 Å². The van der Waals surface area contributed by atoms with Crippen molar-refractivity contribution in [2.45, 2.75) is 202 Å². The van der Waals surface area contributed by atoms with Crippen molar-refractivity contribution in [3.8, 4) is 0 Å². The lowest BCUT2D eigenvalue weighted by atomic mass is 9.76. The van der Waals surface area contributed by atoms with E-state index in [0.717, 1.165) is 56.9 Å². The van der Waals surface area contributed by atoms with Gasteiger partial charge in [0.15, 0.2) is 12.0 Å². The number of imidazole rings is 1. The normalized spacial score (nSPS) is 18.7. The zero-order valence-electron chi connectivity index (χ0n) is 75.8. The number of likely N-dealkylation sites (tertiary alicyclic amines) is 2. The van der Waals surface area contributed by atoms with Gasteiger partial charge in [0.1, 0.15) is 65.8 Å². The number of unbranched alkanes of at least 4 members (excludes halogenated alkanes) is 1. The van der Waals surface area contributed by atoms with Crippen molar-refractivity contribution >= 4 is 116 Å². The molecule has 3 saturated heterocycles. The number of nitrogens with zero attached hydrogens (tertiary/aromatic N) is 8. The quantitative estimate of drug-likeness (QED) is 0.00995. The first-order chi connectivity index (χ1) is 64.6. The molecule has 8 heterocycles. The molecular weight excluding hydrogens is 1730 g/mol. The standard InChI is InChI=1S/C101H115ClN16O16/c1-6-8-46-100(104,111-89(123)73(103)52-64-57-105-74-39-23-21-37-71(64)74)98(131)110-76(53-65-58-106-75-40-24-22-38-72(65)75)90(124)109-79(61-133-88-43-25-26-50-132-88)93(126)113(47-7-2)59-85(119)112(5)83-54-63-51-70(102)44-45-80(63)118(96(83)129)84-55-77-92(117(62-107-77)101(67-31-15-10-16-32-67,68-33-17-11-18-34-68)69-35-19-12-20-36-69)116(95(84)128)60-86(120)114-48-27-41-81(114)91(125)108-78(56-87(121)122)94(127)115-49-28-42-82(115)97(130)134-99(3,4)66-29-13-9-14-30-66/h9-24,29-40,44-45,51,57-58,62,73,76,78-79,81-84,88,105-106H,6-8,25-28,41-43,46-50,52-56,59-61,103-104H2,1-5H3,(H,108,125)(H,109,124)(H,110,131)(H,111,123)(H,121,122)/t73-,76-,78-,79-,81-,82-,83-,84-,88?,100?/m0/s1. The van der Waals surface area contributed by atoms with Crippen LogP contribution in [-0.4, -0.2) is 229 Å². The number of anilines is 2. The van der Waals surface area contributed by atoms with E-state index in [1.54, 1.807) is 82.0 Å². The van der Waals surface area contributed by atoms with Crippen molar-refractivity contribution in [2.75, 3.05) is 62.8 Å². The van der Waals surface area contributed by atoms with Gasteiger partial charge in [0, 0.05) is 97.5 Å². The summed E-state index contributed by atoms with van der Waals surface area (Å²) in [7, 11) is 1.41. The summed E-state index contributed by atoms with van der Waals surface area (Å²) in [6.07, 6.45) is 6.90. The molecule has 11 N–H and O–H groups in total. The number of benzene rings is 7. The second kappa shape index (κ2) is 41.8. The van der Waals surface area contributed by atoms with Crippen molar-refractivity contribution in [3.05, 3.63) is 256 Å². The first-order valence-electron chi connectivity index (χ1n) is 46.0. The van der Waals surface area contributed by atoms with Gasteiger partial charge in [-0.05, 0) is 154 Å². The largest absolute Gasteiger partial charge is 0.481 e. The number of amides is 10. The molecular formula is C101H115ClN16O16. The summed E-state index contributed by atoms with van der Waals surface area (Å²) in [5.74, 6) is -9.97. The van der Waals surface area contributed by atoms with E-state index in [2.05, 4.69) is 31.2 Å². The smallest absolute Gasteiger partial charge is 0.329 e. The molecule has 7 aromatic carbocycles. The van der Waals surface area contributed by atoms with Crippen LogP contribution in [0.5, 0.6) is 0 Å². The minimum atomic E-state index is -2.12. The number of nitrogens with one attached hydrogen (secondary N) is 6. The van der Waals surface area contributed by atoms with Crippen molar-refractivity contribution in [3.63, 3.8) is 0 Å². The second-order valence-electron chi connectivity index (χ2n) is 35.7. The fourth-order valence-corrected chi connectivity index (χ4v) is 19.5. The Morgan fingerprint density at radius 1 is 0.664 bits per heavy atom. The Labute approximate surface area is 781 Å². The molecule has 2 unspecified atom stereocenters. The number of carboxylic acid groups (broad SMARTS) is 1. The molecule has 0 bridgehead atoms. The lowest BCUT2D eigenvalue weighted by Crippen LogP contribution is -2.69. The number of carbonyl (C=O) groups is 12. The molecule has 5 aliphatic heterocycles. The third-order valence-corrected chi connectivity index (χ3v) is 26.6. The van der Waals surface area contributed by atoms with E-state index in [-0.39, 0.29) is 99.6 Å². The fourth-order valence-electron chi connectivity index (χ4n) is 19.3. The van der Waals surface area contributed by atoms with E-state index < -0.39 is 169 Å². The number of fused-ring (bicyclic) bond motifs is 4. The molecule has 3 fully saturated rings. The molecule has 0 spiro atoms. The Hall–Kier alpha value is -13.4. The number of likely N-dealkylation sites (N-methyl/N-ethyl adjacent to an activating group) is 1.